The molecule has 0 spiro atoms. The smallest absolute Gasteiger partial charge is 0.190 e. The summed E-state index contributed by atoms with van der Waals surface area (Å²) in [5.74, 6) is 1.05. The van der Waals surface area contributed by atoms with Crippen LogP contribution in [0.2, 0.25) is 5.02 Å². The van der Waals surface area contributed by atoms with E-state index in [2.05, 4.69) is 10.3 Å². The van der Waals surface area contributed by atoms with Crippen LogP contribution in [0.15, 0.2) is 40.9 Å². The number of hydrogen-bond donors (Lipinski definition) is 2. The maximum atomic E-state index is 10.5. The van der Waals surface area contributed by atoms with Crippen LogP contribution in [0.1, 0.15) is 30.0 Å². The summed E-state index contributed by atoms with van der Waals surface area (Å²) in [5, 5.41) is 4.35. The van der Waals surface area contributed by atoms with Gasteiger partial charge in [0.1, 0.15) is 11.4 Å². The van der Waals surface area contributed by atoms with Gasteiger partial charge in [0.25, 0.3) is 0 Å². The normalized spacial score (nSPS) is 9.38. The van der Waals surface area contributed by atoms with Gasteiger partial charge in [-0.2, -0.15) is 0 Å². The number of fused-ring (bicyclic) bond motifs is 1. The molecule has 0 amide bonds. The van der Waals surface area contributed by atoms with Gasteiger partial charge in [0.05, 0.1) is 10.7 Å². The Morgan fingerprint density at radius 2 is 1.96 bits per heavy atom. The lowest BCUT2D eigenvalue weighted by Gasteiger charge is -1.95. The summed E-state index contributed by atoms with van der Waals surface area (Å²) in [4.78, 5) is 14.5. The van der Waals surface area contributed by atoms with Gasteiger partial charge in [-0.15, -0.1) is 0 Å². The van der Waals surface area contributed by atoms with Crippen LogP contribution in [0.4, 0.5) is 11.5 Å². The van der Waals surface area contributed by atoms with E-state index < -0.39 is 0 Å². The summed E-state index contributed by atoms with van der Waals surface area (Å²) in [6.45, 7) is 5.92. The first kappa shape index (κ1) is 19.5. The fourth-order valence-corrected chi connectivity index (χ4v) is 2.02. The second-order valence-electron chi connectivity index (χ2n) is 4.56. The first-order valence-corrected chi connectivity index (χ1v) is 7.96. The highest BCUT2D eigenvalue weighted by Crippen LogP contribution is 2.28. The van der Waals surface area contributed by atoms with Crippen molar-refractivity contribution >= 4 is 40.4 Å². The molecule has 5 nitrogen and oxygen atoms in total. The molecule has 3 aromatic rings. The molecule has 6 heteroatoms. The molecule has 0 aliphatic heterocycles. The van der Waals surface area contributed by atoms with Crippen molar-refractivity contribution in [3.63, 3.8) is 0 Å². The number of hydrogen-bond acceptors (Lipinski definition) is 5. The third-order valence-corrected chi connectivity index (χ3v) is 3.29. The number of nitrogen functional groups attached to an aromatic ring is 1. The zero-order valence-electron chi connectivity index (χ0n) is 14.3. The lowest BCUT2D eigenvalue weighted by Crippen LogP contribution is -1.89. The van der Waals surface area contributed by atoms with Crippen molar-refractivity contribution in [3.05, 3.63) is 52.9 Å². The van der Waals surface area contributed by atoms with E-state index >= 15 is 0 Å². The number of anilines is 2. The molecule has 0 unspecified atom stereocenters. The molecule has 2 heterocycles. The van der Waals surface area contributed by atoms with Crippen molar-refractivity contribution in [1.82, 2.24) is 4.98 Å². The van der Waals surface area contributed by atoms with E-state index in [-0.39, 0.29) is 5.76 Å². The minimum absolute atomic E-state index is 0.212. The predicted octanol–water partition coefficient (Wildman–Crippen LogP) is 4.94. The Kier molecular flexibility index (Phi) is 7.79. The molecule has 2 aromatic heterocycles. The number of aryl methyl sites for hydroxylation is 1. The summed E-state index contributed by atoms with van der Waals surface area (Å²) in [6, 6.07) is 9.26. The topological polar surface area (TPSA) is 81.1 Å². The van der Waals surface area contributed by atoms with E-state index in [1.807, 2.05) is 52.1 Å². The highest BCUT2D eigenvalue weighted by molar-refractivity contribution is 6.30. The molecule has 0 atom stereocenters. The molecular weight excluding hydrogens is 326 g/mol. The van der Waals surface area contributed by atoms with Crippen LogP contribution in [0, 0.1) is 6.92 Å². The zero-order valence-corrected chi connectivity index (χ0v) is 15.0. The van der Waals surface area contributed by atoms with Gasteiger partial charge in [0, 0.05) is 18.6 Å². The minimum atomic E-state index is 0.212. The van der Waals surface area contributed by atoms with Crippen LogP contribution in [0.5, 0.6) is 0 Å². The van der Waals surface area contributed by atoms with E-state index in [1.54, 1.807) is 12.3 Å². The van der Waals surface area contributed by atoms with E-state index in [0.717, 1.165) is 16.8 Å². The summed E-state index contributed by atoms with van der Waals surface area (Å²) in [5.41, 5.74) is 7.80. The molecular formula is C18H22ClN3O2. The van der Waals surface area contributed by atoms with Crippen LogP contribution < -0.4 is 11.1 Å². The maximum absolute atomic E-state index is 10.5. The number of aromatic nitrogens is 1. The molecule has 0 saturated carbocycles. The lowest BCUT2D eigenvalue weighted by molar-refractivity contribution is 0.110. The van der Waals surface area contributed by atoms with Crippen LogP contribution >= 0.6 is 11.6 Å². The lowest BCUT2D eigenvalue weighted by atomic mass is 10.1. The fraction of sp³-hybridized carbons (Fsp3) is 0.222. The van der Waals surface area contributed by atoms with Crippen molar-refractivity contribution < 1.29 is 9.21 Å². The monoisotopic (exact) mass is 347 g/mol. The zero-order chi connectivity index (χ0) is 18.1. The molecule has 0 fully saturated rings. The van der Waals surface area contributed by atoms with Crippen LogP contribution in [-0.4, -0.2) is 18.3 Å². The van der Waals surface area contributed by atoms with Gasteiger partial charge in [-0.3, -0.25) is 4.79 Å². The molecule has 3 rings (SSSR count). The number of furan rings is 1. The van der Waals surface area contributed by atoms with Crippen molar-refractivity contribution in [3.8, 4) is 0 Å². The number of benzene rings is 1. The van der Waals surface area contributed by atoms with Crippen molar-refractivity contribution in [2.45, 2.75) is 20.8 Å². The van der Waals surface area contributed by atoms with Crippen LogP contribution in [0.25, 0.3) is 11.0 Å². The standard InChI is InChI=1S/C10H9NO2.C6H7ClN2.C2H6/c1-6-3-2-4-7-9(11)8(5-12)13-10(6)7;1-8-6-3-2-5(7)4-9-6;1-2/h2-5H,11H2,1H3;2-4H,1H3,(H,8,9);1-2H3. The predicted molar refractivity (Wildman–Crippen MR) is 101 cm³/mol. The molecule has 24 heavy (non-hydrogen) atoms. The Balaban J connectivity index is 0.000000230. The number of nitrogens with two attached hydrogens (primary N) is 1. The molecule has 0 aliphatic carbocycles. The number of nitrogens with zero attached hydrogens (tertiary/aromatic N) is 1. The van der Waals surface area contributed by atoms with E-state index in [4.69, 9.17) is 21.8 Å². The number of rotatable bonds is 2. The van der Waals surface area contributed by atoms with Crippen molar-refractivity contribution in [1.29, 1.82) is 0 Å². The SMILES string of the molecule is CC.CNc1ccc(Cl)cn1.Cc1cccc2c(N)c(C=O)oc12. The van der Waals surface area contributed by atoms with E-state index in [9.17, 15) is 4.79 Å². The first-order chi connectivity index (χ1) is 11.6. The molecule has 128 valence electrons. The molecule has 3 N–H and O–H groups in total. The Morgan fingerprint density at radius 3 is 2.46 bits per heavy atom. The Labute approximate surface area is 146 Å². The van der Waals surface area contributed by atoms with E-state index in [0.29, 0.717) is 22.6 Å². The van der Waals surface area contributed by atoms with Gasteiger partial charge >= 0.3 is 0 Å². The highest BCUT2D eigenvalue weighted by atomic mass is 35.5. The number of para-hydroxylation sites is 1. The van der Waals surface area contributed by atoms with Crippen LogP contribution in [0.3, 0.4) is 0 Å². The second-order valence-corrected chi connectivity index (χ2v) is 5.00. The van der Waals surface area contributed by atoms with Gasteiger partial charge in [-0.25, -0.2) is 4.98 Å². The van der Waals surface area contributed by atoms with Gasteiger partial charge in [0.2, 0.25) is 0 Å². The van der Waals surface area contributed by atoms with Gasteiger partial charge in [-0.05, 0) is 30.7 Å². The number of carbonyl (C=O) groups is 1. The van der Waals surface area contributed by atoms with Crippen molar-refractivity contribution in [2.75, 3.05) is 18.1 Å². The quantitative estimate of drug-likeness (QED) is 0.642. The number of aldehydes is 1. The maximum Gasteiger partial charge on any atom is 0.190 e. The summed E-state index contributed by atoms with van der Waals surface area (Å²) in [7, 11) is 1.82. The molecule has 0 saturated heterocycles. The van der Waals surface area contributed by atoms with Crippen LogP contribution in [-0.2, 0) is 0 Å². The number of carbonyl (C=O) groups excluding carboxylic acids is 1. The highest BCUT2D eigenvalue weighted by Gasteiger charge is 2.10. The summed E-state index contributed by atoms with van der Waals surface area (Å²) >= 11 is 5.58. The van der Waals surface area contributed by atoms with Gasteiger partial charge < -0.3 is 15.5 Å². The third-order valence-electron chi connectivity index (χ3n) is 3.07. The molecule has 0 radical (unpaired) electrons. The molecule has 0 bridgehead atoms. The average Bonchev–Trinajstić information content (AvgIpc) is 2.96. The fourth-order valence-electron chi connectivity index (χ4n) is 1.91. The summed E-state index contributed by atoms with van der Waals surface area (Å²) in [6.07, 6.45) is 2.24. The van der Waals surface area contributed by atoms with Crippen molar-refractivity contribution in [2.24, 2.45) is 0 Å². The Hall–Kier alpha value is -2.53. The molecule has 0 aliphatic rings. The average molecular weight is 348 g/mol. The Morgan fingerprint density at radius 1 is 1.25 bits per heavy atom. The number of nitrogens with one attached hydrogen (secondary N) is 1. The first-order valence-electron chi connectivity index (χ1n) is 7.59. The third kappa shape index (κ3) is 4.73. The van der Waals surface area contributed by atoms with Gasteiger partial charge in [0.15, 0.2) is 12.0 Å². The number of halogens is 1. The Bertz CT molecular complexity index is 783. The minimum Gasteiger partial charge on any atom is -0.451 e. The second kappa shape index (κ2) is 9.57. The van der Waals surface area contributed by atoms with Gasteiger partial charge in [-0.1, -0.05) is 37.6 Å². The summed E-state index contributed by atoms with van der Waals surface area (Å²) < 4.78 is 5.29. The molecule has 1 aromatic carbocycles. The van der Waals surface area contributed by atoms with E-state index in [1.165, 1.54) is 0 Å². The largest absolute Gasteiger partial charge is 0.451 e. The number of pyridine rings is 1.